The van der Waals surface area contributed by atoms with Crippen molar-refractivity contribution in [3.05, 3.63) is 47.7 Å². The summed E-state index contributed by atoms with van der Waals surface area (Å²) in [5.41, 5.74) is 4.14. The minimum absolute atomic E-state index is 0.789. The van der Waals surface area contributed by atoms with Crippen LogP contribution in [-0.2, 0) is 6.54 Å². The summed E-state index contributed by atoms with van der Waals surface area (Å²) in [6.45, 7) is 5.10. The third kappa shape index (κ3) is 2.16. The number of rotatable bonds is 4. The van der Waals surface area contributed by atoms with Crippen molar-refractivity contribution < 1.29 is 4.79 Å². The maximum Gasteiger partial charge on any atom is 0.151 e. The number of aromatic nitrogens is 1. The summed E-state index contributed by atoms with van der Waals surface area (Å²) in [5, 5.41) is 0. The normalized spacial score (nSPS) is 10.5. The van der Waals surface area contributed by atoms with E-state index in [1.54, 1.807) is 0 Å². The van der Waals surface area contributed by atoms with Crippen molar-refractivity contribution in [2.24, 2.45) is 0 Å². The molecule has 0 aliphatic heterocycles. The van der Waals surface area contributed by atoms with Gasteiger partial charge in [0.2, 0.25) is 0 Å². The van der Waals surface area contributed by atoms with Gasteiger partial charge in [-0.05, 0) is 25.0 Å². The van der Waals surface area contributed by atoms with Gasteiger partial charge in [-0.1, -0.05) is 37.3 Å². The van der Waals surface area contributed by atoms with E-state index in [2.05, 4.69) is 23.6 Å². The predicted octanol–water partition coefficient (Wildman–Crippen LogP) is 3.69. The summed E-state index contributed by atoms with van der Waals surface area (Å²) in [6.07, 6.45) is 2.00. The molecule has 17 heavy (non-hydrogen) atoms. The fraction of sp³-hybridized carbons (Fsp3) is 0.267. The van der Waals surface area contributed by atoms with E-state index in [0.29, 0.717) is 0 Å². The fourth-order valence-electron chi connectivity index (χ4n) is 2.15. The van der Waals surface area contributed by atoms with E-state index < -0.39 is 0 Å². The number of aldehydes is 1. The Kier molecular flexibility index (Phi) is 3.43. The molecule has 0 N–H and O–H groups in total. The molecule has 2 aromatic rings. The zero-order valence-corrected chi connectivity index (χ0v) is 10.3. The number of benzene rings is 1. The SMILES string of the molecule is CCCn1c(-c2ccccc2)cc(C=O)c1C. The first-order chi connectivity index (χ1) is 8.27. The average molecular weight is 227 g/mol. The van der Waals surface area contributed by atoms with E-state index in [9.17, 15) is 4.79 Å². The molecular weight excluding hydrogens is 210 g/mol. The second kappa shape index (κ2) is 5.00. The van der Waals surface area contributed by atoms with Crippen LogP contribution in [0.5, 0.6) is 0 Å². The largest absolute Gasteiger partial charge is 0.344 e. The summed E-state index contributed by atoms with van der Waals surface area (Å²) in [6, 6.07) is 12.2. The highest BCUT2D eigenvalue weighted by atomic mass is 16.1. The number of carbonyl (C=O) groups excluding carboxylic acids is 1. The first kappa shape index (κ1) is 11.6. The standard InChI is InChI=1S/C15H17NO/c1-3-9-16-12(2)14(11-17)10-15(16)13-7-5-4-6-8-13/h4-8,10-11H,3,9H2,1-2H3. The molecule has 2 heteroatoms. The Balaban J connectivity index is 2.56. The van der Waals surface area contributed by atoms with E-state index >= 15 is 0 Å². The molecule has 1 aromatic heterocycles. The van der Waals surface area contributed by atoms with Gasteiger partial charge in [0.1, 0.15) is 0 Å². The molecule has 0 fully saturated rings. The van der Waals surface area contributed by atoms with Crippen LogP contribution < -0.4 is 0 Å². The summed E-state index contributed by atoms with van der Waals surface area (Å²) in [5.74, 6) is 0. The van der Waals surface area contributed by atoms with E-state index in [1.807, 2.05) is 31.2 Å². The van der Waals surface area contributed by atoms with Crippen LogP contribution in [-0.4, -0.2) is 10.9 Å². The Morgan fingerprint density at radius 1 is 1.24 bits per heavy atom. The molecule has 2 rings (SSSR count). The highest BCUT2D eigenvalue weighted by molar-refractivity contribution is 5.80. The average Bonchev–Trinajstić information content (AvgIpc) is 2.69. The van der Waals surface area contributed by atoms with Crippen molar-refractivity contribution in [1.29, 1.82) is 0 Å². The highest BCUT2D eigenvalue weighted by Gasteiger charge is 2.11. The molecule has 0 aliphatic carbocycles. The van der Waals surface area contributed by atoms with E-state index in [4.69, 9.17) is 0 Å². The van der Waals surface area contributed by atoms with Crippen LogP contribution >= 0.6 is 0 Å². The lowest BCUT2D eigenvalue weighted by atomic mass is 10.1. The fourth-order valence-corrected chi connectivity index (χ4v) is 2.15. The third-order valence-electron chi connectivity index (χ3n) is 3.05. The molecule has 0 saturated carbocycles. The lowest BCUT2D eigenvalue weighted by Gasteiger charge is -2.10. The zero-order valence-electron chi connectivity index (χ0n) is 10.3. The Hall–Kier alpha value is -1.83. The number of hydrogen-bond acceptors (Lipinski definition) is 1. The predicted molar refractivity (Wildman–Crippen MR) is 70.3 cm³/mol. The van der Waals surface area contributed by atoms with Crippen molar-refractivity contribution in [3.63, 3.8) is 0 Å². The quantitative estimate of drug-likeness (QED) is 0.730. The minimum atomic E-state index is 0.789. The number of hydrogen-bond donors (Lipinski definition) is 0. The summed E-state index contributed by atoms with van der Waals surface area (Å²) in [7, 11) is 0. The molecule has 88 valence electrons. The van der Waals surface area contributed by atoms with Gasteiger partial charge in [-0.15, -0.1) is 0 Å². The summed E-state index contributed by atoms with van der Waals surface area (Å²) >= 11 is 0. The van der Waals surface area contributed by atoms with Gasteiger partial charge >= 0.3 is 0 Å². The van der Waals surface area contributed by atoms with Gasteiger partial charge in [0.05, 0.1) is 0 Å². The maximum absolute atomic E-state index is 11.0. The molecule has 0 spiro atoms. The number of carbonyl (C=O) groups is 1. The van der Waals surface area contributed by atoms with Crippen LogP contribution in [0.3, 0.4) is 0 Å². The highest BCUT2D eigenvalue weighted by Crippen LogP contribution is 2.25. The van der Waals surface area contributed by atoms with Crippen LogP contribution in [0.2, 0.25) is 0 Å². The second-order valence-electron chi connectivity index (χ2n) is 4.21. The van der Waals surface area contributed by atoms with E-state index in [0.717, 1.165) is 41.8 Å². The van der Waals surface area contributed by atoms with Gasteiger partial charge in [-0.3, -0.25) is 4.79 Å². The molecule has 0 amide bonds. The lowest BCUT2D eigenvalue weighted by molar-refractivity contribution is 0.112. The van der Waals surface area contributed by atoms with Crippen molar-refractivity contribution >= 4 is 6.29 Å². The Morgan fingerprint density at radius 2 is 1.94 bits per heavy atom. The summed E-state index contributed by atoms with van der Waals surface area (Å²) < 4.78 is 2.22. The molecule has 0 saturated heterocycles. The molecule has 2 nitrogen and oxygen atoms in total. The summed E-state index contributed by atoms with van der Waals surface area (Å²) in [4.78, 5) is 11.0. The molecule has 0 aliphatic rings. The van der Waals surface area contributed by atoms with Gasteiger partial charge in [-0.2, -0.15) is 0 Å². The van der Waals surface area contributed by atoms with Crippen molar-refractivity contribution in [1.82, 2.24) is 4.57 Å². The zero-order chi connectivity index (χ0) is 12.3. The number of nitrogens with zero attached hydrogens (tertiary/aromatic N) is 1. The van der Waals surface area contributed by atoms with Crippen LogP contribution in [0.25, 0.3) is 11.3 Å². The molecule has 1 heterocycles. The molecule has 0 bridgehead atoms. The van der Waals surface area contributed by atoms with Crippen molar-refractivity contribution in [2.75, 3.05) is 0 Å². The molecule has 0 atom stereocenters. The van der Waals surface area contributed by atoms with Crippen LogP contribution in [0, 0.1) is 6.92 Å². The topological polar surface area (TPSA) is 22.0 Å². The smallest absolute Gasteiger partial charge is 0.151 e. The van der Waals surface area contributed by atoms with Crippen molar-refractivity contribution in [3.8, 4) is 11.3 Å². The van der Waals surface area contributed by atoms with E-state index in [1.165, 1.54) is 0 Å². The van der Waals surface area contributed by atoms with E-state index in [-0.39, 0.29) is 0 Å². The van der Waals surface area contributed by atoms with Gasteiger partial charge in [0.15, 0.2) is 6.29 Å². The molecular formula is C15H17NO. The Bertz CT molecular complexity index is 511. The van der Waals surface area contributed by atoms with Gasteiger partial charge in [0, 0.05) is 23.5 Å². The van der Waals surface area contributed by atoms with Crippen LogP contribution in [0.1, 0.15) is 29.4 Å². The Labute approximate surface area is 102 Å². The first-order valence-corrected chi connectivity index (χ1v) is 5.98. The molecule has 0 unspecified atom stereocenters. The first-order valence-electron chi connectivity index (χ1n) is 5.98. The van der Waals surface area contributed by atoms with Gasteiger partial charge < -0.3 is 4.57 Å². The molecule has 0 radical (unpaired) electrons. The van der Waals surface area contributed by atoms with Crippen LogP contribution in [0.4, 0.5) is 0 Å². The monoisotopic (exact) mass is 227 g/mol. The van der Waals surface area contributed by atoms with Gasteiger partial charge in [0.25, 0.3) is 0 Å². The van der Waals surface area contributed by atoms with Gasteiger partial charge in [-0.25, -0.2) is 0 Å². The van der Waals surface area contributed by atoms with Crippen molar-refractivity contribution in [2.45, 2.75) is 26.8 Å². The Morgan fingerprint density at radius 3 is 2.53 bits per heavy atom. The molecule has 1 aromatic carbocycles. The minimum Gasteiger partial charge on any atom is -0.344 e. The van der Waals surface area contributed by atoms with Crippen LogP contribution in [0.15, 0.2) is 36.4 Å². The maximum atomic E-state index is 11.0. The lowest BCUT2D eigenvalue weighted by Crippen LogP contribution is -2.01. The third-order valence-corrected chi connectivity index (χ3v) is 3.05. The second-order valence-corrected chi connectivity index (χ2v) is 4.21.